The molecule has 216 valence electrons. The highest BCUT2D eigenvalue weighted by atomic mass is 32.2. The molecule has 2 heterocycles. The van der Waals surface area contributed by atoms with Gasteiger partial charge in [-0.2, -0.15) is 0 Å². The Morgan fingerprint density at radius 2 is 1.28 bits per heavy atom. The van der Waals surface area contributed by atoms with E-state index < -0.39 is 0 Å². The lowest BCUT2D eigenvalue weighted by molar-refractivity contribution is 0.820. The molecule has 0 radical (unpaired) electrons. The highest BCUT2D eigenvalue weighted by Gasteiger charge is 2.31. The minimum Gasteiger partial charge on any atom is -0.309 e. The van der Waals surface area contributed by atoms with Gasteiger partial charge in [-0.15, -0.1) is 0 Å². The number of hydrogen-bond donors (Lipinski definition) is 0. The second-order valence-electron chi connectivity index (χ2n) is 12.4. The van der Waals surface area contributed by atoms with Crippen LogP contribution in [0.5, 0.6) is 0 Å². The van der Waals surface area contributed by atoms with Gasteiger partial charge >= 0.3 is 0 Å². The highest BCUT2D eigenvalue weighted by molar-refractivity contribution is 8.08. The summed E-state index contributed by atoms with van der Waals surface area (Å²) in [4.78, 5) is 2.76. The van der Waals surface area contributed by atoms with Gasteiger partial charge in [-0.3, -0.25) is 0 Å². The second kappa shape index (κ2) is 10.1. The molecular formula is C44H29NS. The lowest BCUT2D eigenvalue weighted by atomic mass is 9.77. The van der Waals surface area contributed by atoms with Gasteiger partial charge in [-0.1, -0.05) is 139 Å². The molecule has 10 rings (SSSR count). The summed E-state index contributed by atoms with van der Waals surface area (Å²) in [6.07, 6.45) is 3.48. The van der Waals surface area contributed by atoms with Gasteiger partial charge in [-0.25, -0.2) is 0 Å². The lowest BCUT2D eigenvalue weighted by Gasteiger charge is -2.32. The number of nitrogens with zero attached hydrogens (tertiary/aromatic N) is 1. The zero-order chi connectivity index (χ0) is 30.2. The van der Waals surface area contributed by atoms with E-state index in [2.05, 4.69) is 162 Å². The average molecular weight is 604 g/mol. The lowest BCUT2D eigenvalue weighted by Crippen LogP contribution is -2.12. The van der Waals surface area contributed by atoms with Crippen LogP contribution in [-0.2, 0) is 0 Å². The number of thioether (sulfide) groups is 1. The zero-order valence-electron chi connectivity index (χ0n) is 25.2. The summed E-state index contributed by atoms with van der Waals surface area (Å²) in [6, 6.07) is 56.1. The zero-order valence-corrected chi connectivity index (χ0v) is 26.0. The van der Waals surface area contributed by atoms with Gasteiger partial charge < -0.3 is 4.57 Å². The van der Waals surface area contributed by atoms with Crippen molar-refractivity contribution < 1.29 is 0 Å². The van der Waals surface area contributed by atoms with Crippen LogP contribution in [0.2, 0.25) is 0 Å². The van der Waals surface area contributed by atoms with Crippen LogP contribution in [0.1, 0.15) is 29.0 Å². The molecule has 2 heteroatoms. The van der Waals surface area contributed by atoms with Crippen molar-refractivity contribution in [2.45, 2.75) is 17.2 Å². The van der Waals surface area contributed by atoms with Gasteiger partial charge in [-0.05, 0) is 86.5 Å². The molecule has 0 fully saturated rings. The SMILES string of the molecule is C1=C2Sc3ccccc3-c3cccc(c32)C(c2ccccc2-c2cccc(-n3c4ccccc4c4c5ccccc5ccc43)c2)C1. The topological polar surface area (TPSA) is 4.93 Å². The largest absolute Gasteiger partial charge is 0.309 e. The number of para-hydroxylation sites is 1. The van der Waals surface area contributed by atoms with Gasteiger partial charge in [0.2, 0.25) is 0 Å². The molecule has 7 aromatic carbocycles. The van der Waals surface area contributed by atoms with Crippen molar-refractivity contribution in [2.24, 2.45) is 0 Å². The molecule has 0 saturated heterocycles. The van der Waals surface area contributed by atoms with Crippen molar-refractivity contribution in [2.75, 3.05) is 0 Å². The molecule has 1 nitrogen and oxygen atoms in total. The van der Waals surface area contributed by atoms with Crippen LogP contribution in [-0.4, -0.2) is 4.57 Å². The van der Waals surface area contributed by atoms with E-state index in [0.717, 1.165) is 6.42 Å². The first-order chi connectivity index (χ1) is 22.8. The van der Waals surface area contributed by atoms with Crippen molar-refractivity contribution in [1.82, 2.24) is 4.57 Å². The molecule has 8 aromatic rings. The van der Waals surface area contributed by atoms with E-state index in [4.69, 9.17) is 0 Å². The van der Waals surface area contributed by atoms with E-state index in [9.17, 15) is 0 Å². The molecule has 0 bridgehead atoms. The molecule has 1 aliphatic carbocycles. The fourth-order valence-corrected chi connectivity index (χ4v) is 9.17. The molecule has 2 aliphatic rings. The van der Waals surface area contributed by atoms with Crippen molar-refractivity contribution in [3.8, 4) is 27.9 Å². The quantitative estimate of drug-likeness (QED) is 0.194. The average Bonchev–Trinajstić information content (AvgIpc) is 3.47. The number of aromatic nitrogens is 1. The predicted molar refractivity (Wildman–Crippen MR) is 196 cm³/mol. The maximum atomic E-state index is 2.48. The van der Waals surface area contributed by atoms with Crippen molar-refractivity contribution in [3.05, 3.63) is 174 Å². The van der Waals surface area contributed by atoms with Gasteiger partial charge in [0.1, 0.15) is 0 Å². The fourth-order valence-electron chi connectivity index (χ4n) is 7.99. The van der Waals surface area contributed by atoms with E-state index in [1.165, 1.54) is 87.0 Å². The van der Waals surface area contributed by atoms with Crippen molar-refractivity contribution in [1.29, 1.82) is 0 Å². The van der Waals surface area contributed by atoms with Gasteiger partial charge in [0, 0.05) is 32.2 Å². The minimum absolute atomic E-state index is 0.295. The summed E-state index contributed by atoms with van der Waals surface area (Å²) in [7, 11) is 0. The Morgan fingerprint density at radius 1 is 0.543 bits per heavy atom. The fraction of sp³-hybridized carbons (Fsp3) is 0.0455. The Labute approximate surface area is 272 Å². The number of hydrogen-bond acceptors (Lipinski definition) is 1. The summed E-state index contributed by atoms with van der Waals surface area (Å²) in [5, 5.41) is 5.18. The van der Waals surface area contributed by atoms with Gasteiger partial charge in [0.25, 0.3) is 0 Å². The molecule has 0 spiro atoms. The van der Waals surface area contributed by atoms with Crippen LogP contribution in [0.25, 0.3) is 65.4 Å². The Balaban J connectivity index is 1.14. The Morgan fingerprint density at radius 3 is 2.24 bits per heavy atom. The van der Waals surface area contributed by atoms with E-state index in [1.807, 2.05) is 11.8 Å². The molecule has 1 aromatic heterocycles. The Bertz CT molecular complexity index is 2550. The maximum Gasteiger partial charge on any atom is 0.0547 e. The Kier molecular flexibility index (Phi) is 5.70. The van der Waals surface area contributed by atoms with E-state index in [0.29, 0.717) is 5.92 Å². The summed E-state index contributed by atoms with van der Waals surface area (Å²) < 4.78 is 2.45. The van der Waals surface area contributed by atoms with Crippen LogP contribution < -0.4 is 0 Å². The van der Waals surface area contributed by atoms with Gasteiger partial charge in [0.15, 0.2) is 0 Å². The summed E-state index contributed by atoms with van der Waals surface area (Å²) in [5.41, 5.74) is 13.2. The standard InChI is InChI=1S/C44H29NS/c1-2-15-32-28(11-1)23-25-40-43(32)38-18-5-7-21-39(38)45(40)30-13-9-12-29(27-30)31-14-3-4-16-33(31)34-24-26-42-44-36(34)19-10-20-37(44)35-17-6-8-22-41(35)46-42/h1-23,25-27,34H,24H2. The maximum absolute atomic E-state index is 2.48. The molecule has 46 heavy (non-hydrogen) atoms. The van der Waals surface area contributed by atoms with Crippen molar-refractivity contribution >= 4 is 49.2 Å². The first-order valence-corrected chi connectivity index (χ1v) is 16.9. The molecule has 0 saturated carbocycles. The molecule has 1 aliphatic heterocycles. The second-order valence-corrected chi connectivity index (χ2v) is 13.5. The van der Waals surface area contributed by atoms with Crippen LogP contribution >= 0.6 is 11.8 Å². The minimum atomic E-state index is 0.295. The number of benzene rings is 7. The van der Waals surface area contributed by atoms with Crippen LogP contribution in [0.15, 0.2) is 163 Å². The third-order valence-corrected chi connectivity index (χ3v) is 11.1. The summed E-state index contributed by atoms with van der Waals surface area (Å²) >= 11 is 1.92. The van der Waals surface area contributed by atoms with E-state index in [-0.39, 0.29) is 0 Å². The monoisotopic (exact) mass is 603 g/mol. The van der Waals surface area contributed by atoms with Crippen molar-refractivity contribution in [3.63, 3.8) is 0 Å². The number of allylic oxidation sites excluding steroid dienone is 1. The third kappa shape index (κ3) is 3.77. The molecule has 0 amide bonds. The number of fused-ring (bicyclic) bond motifs is 7. The van der Waals surface area contributed by atoms with Crippen LogP contribution in [0.3, 0.4) is 0 Å². The molecule has 1 unspecified atom stereocenters. The van der Waals surface area contributed by atoms with E-state index in [1.54, 1.807) is 0 Å². The third-order valence-electron chi connectivity index (χ3n) is 9.97. The first-order valence-electron chi connectivity index (χ1n) is 16.0. The number of rotatable bonds is 3. The van der Waals surface area contributed by atoms with Crippen LogP contribution in [0.4, 0.5) is 0 Å². The van der Waals surface area contributed by atoms with E-state index >= 15 is 0 Å². The Hall–Kier alpha value is -5.31. The first kappa shape index (κ1) is 26.0. The summed E-state index contributed by atoms with van der Waals surface area (Å²) in [6.45, 7) is 0. The smallest absolute Gasteiger partial charge is 0.0547 e. The van der Waals surface area contributed by atoms with Crippen LogP contribution in [0, 0.1) is 0 Å². The highest BCUT2D eigenvalue weighted by Crippen LogP contribution is 2.54. The predicted octanol–water partition coefficient (Wildman–Crippen LogP) is 12.3. The van der Waals surface area contributed by atoms with Gasteiger partial charge in [0.05, 0.1) is 11.0 Å². The molecular weight excluding hydrogens is 575 g/mol. The summed E-state index contributed by atoms with van der Waals surface area (Å²) in [5.74, 6) is 0.295. The normalized spacial score (nSPS) is 15.1. The molecule has 1 atom stereocenters. The molecule has 0 N–H and O–H groups in total.